The van der Waals surface area contributed by atoms with Crippen LogP contribution in [0, 0.1) is 5.92 Å². The van der Waals surface area contributed by atoms with E-state index in [1.165, 1.54) is 0 Å². The second-order valence-corrected chi connectivity index (χ2v) is 12.9. The van der Waals surface area contributed by atoms with E-state index >= 15 is 0 Å². The Morgan fingerprint density at radius 3 is 2.24 bits per heavy atom. The summed E-state index contributed by atoms with van der Waals surface area (Å²) in [4.78, 5) is 92.6. The minimum atomic E-state index is -5.33. The Labute approximate surface area is 335 Å². The number of carbonyl (C=O) groups excluding carboxylic acids is 5. The number of anilines is 2. The van der Waals surface area contributed by atoms with Gasteiger partial charge in [0, 0.05) is 48.1 Å². The van der Waals surface area contributed by atoms with E-state index < -0.39 is 53.9 Å². The smallest absolute Gasteiger partial charge is 0.467 e. The number of nitrogens with one attached hydrogen (secondary N) is 3. The molecule has 59 heavy (non-hydrogen) atoms. The van der Waals surface area contributed by atoms with Crippen molar-refractivity contribution < 1.29 is 56.1 Å². The number of aromatic nitrogens is 4. The zero-order valence-electron chi connectivity index (χ0n) is 32.6. The van der Waals surface area contributed by atoms with Gasteiger partial charge in [-0.25, -0.2) is 14.8 Å². The number of H-pyrrole nitrogens is 1. The van der Waals surface area contributed by atoms with Crippen LogP contribution in [0.2, 0.25) is 0 Å². The molecule has 0 fully saturated rings. The number of unbranched alkanes of at least 4 members (excludes halogenated alkanes) is 1. The number of amides is 3. The number of benzene rings is 1. The molecular weight excluding hydrogens is 789 g/mol. The predicted octanol–water partition coefficient (Wildman–Crippen LogP) is 3.55. The van der Waals surface area contributed by atoms with Crippen LogP contribution < -0.4 is 21.1 Å². The van der Waals surface area contributed by atoms with Crippen molar-refractivity contribution in [2.24, 2.45) is 11.0 Å². The number of hydrogen-bond acceptors (Lipinski definition) is 14. The van der Waals surface area contributed by atoms with Crippen LogP contribution in [0.3, 0.4) is 0 Å². The number of ether oxygens (including phenoxy) is 4. The van der Waals surface area contributed by atoms with E-state index in [0.717, 1.165) is 37.6 Å². The van der Waals surface area contributed by atoms with E-state index in [-0.39, 0.29) is 65.6 Å². The summed E-state index contributed by atoms with van der Waals surface area (Å²) < 4.78 is 62.0. The third-order valence-corrected chi connectivity index (χ3v) is 8.12. The maximum absolute atomic E-state index is 13.7. The Morgan fingerprint density at radius 2 is 1.61 bits per heavy atom. The number of Topliss-reactive ketones (excluding diaryl/α,β-unsaturated/α-hetero) is 1. The van der Waals surface area contributed by atoms with Crippen molar-refractivity contribution >= 4 is 52.3 Å². The number of methoxy groups -OCH3 is 1. The standard InChI is InChI=1S/C36H45F3N10O10/c1-22(2)30(51)46-35-45-29-28(32(53)47-35)43-24(20-41-29)21-49(34(55)36(37,38)39)25-9-7-23(8-10-25)31(52)44-27(33(54)56-3)12-11-26(50)6-4-5-14-57-16-18-59-19-17-58-15-13-42-48-40/h7-10,20,22,27H,4-6,11-19,21H2,1-3H3,(H,44,52)(H2,41,45,46,47,51,53)/t27-/m0/s1. The molecule has 2 aromatic heterocycles. The molecule has 0 aliphatic heterocycles. The second-order valence-electron chi connectivity index (χ2n) is 12.9. The first kappa shape index (κ1) is 47.3. The molecule has 0 spiro atoms. The van der Waals surface area contributed by atoms with Gasteiger partial charge in [-0.15, -0.1) is 0 Å². The Kier molecular flexibility index (Phi) is 19.3. The van der Waals surface area contributed by atoms with Crippen LogP contribution in [-0.4, -0.2) is 115 Å². The molecule has 0 radical (unpaired) electrons. The third kappa shape index (κ3) is 16.0. The summed E-state index contributed by atoms with van der Waals surface area (Å²) in [5.41, 5.74) is 6.18. The minimum Gasteiger partial charge on any atom is -0.467 e. The first-order valence-corrected chi connectivity index (χ1v) is 18.3. The van der Waals surface area contributed by atoms with Crippen molar-refractivity contribution in [1.82, 2.24) is 25.3 Å². The number of ketones is 1. The summed E-state index contributed by atoms with van der Waals surface area (Å²) in [6.45, 7) is 4.83. The molecule has 1 aromatic carbocycles. The van der Waals surface area contributed by atoms with Crippen molar-refractivity contribution in [2.75, 3.05) is 63.5 Å². The van der Waals surface area contributed by atoms with Crippen LogP contribution in [0.15, 0.2) is 40.4 Å². The number of alkyl halides is 3. The fourth-order valence-corrected chi connectivity index (χ4v) is 5.02. The highest BCUT2D eigenvalue weighted by molar-refractivity contribution is 5.99. The van der Waals surface area contributed by atoms with Gasteiger partial charge in [0.25, 0.3) is 11.5 Å². The van der Waals surface area contributed by atoms with Gasteiger partial charge in [-0.2, -0.15) is 18.2 Å². The molecular formula is C36H45F3N10O10. The summed E-state index contributed by atoms with van der Waals surface area (Å²) >= 11 is 0. The summed E-state index contributed by atoms with van der Waals surface area (Å²) in [5.74, 6) is -5.14. The molecule has 2 heterocycles. The molecule has 0 aliphatic carbocycles. The van der Waals surface area contributed by atoms with Crippen molar-refractivity contribution in [3.05, 3.63) is 62.5 Å². The summed E-state index contributed by atoms with van der Waals surface area (Å²) in [6.07, 6.45) is -3.11. The second kappa shape index (κ2) is 24.0. The molecule has 0 unspecified atom stereocenters. The lowest BCUT2D eigenvalue weighted by Crippen LogP contribution is -2.42. The van der Waals surface area contributed by atoms with Gasteiger partial charge in [-0.1, -0.05) is 19.0 Å². The Balaban J connectivity index is 1.55. The van der Waals surface area contributed by atoms with Crippen molar-refractivity contribution in [1.29, 1.82) is 0 Å². The third-order valence-electron chi connectivity index (χ3n) is 8.12. The van der Waals surface area contributed by atoms with Crippen LogP contribution in [-0.2, 0) is 44.7 Å². The molecule has 0 aliphatic rings. The van der Waals surface area contributed by atoms with E-state index in [0.29, 0.717) is 57.4 Å². The zero-order valence-corrected chi connectivity index (χ0v) is 32.6. The molecule has 0 saturated heterocycles. The molecule has 3 rings (SSSR count). The number of azide groups is 1. The van der Waals surface area contributed by atoms with Crippen molar-refractivity contribution in [2.45, 2.75) is 64.7 Å². The van der Waals surface area contributed by atoms with Gasteiger partial charge in [-0.05, 0) is 49.1 Å². The first-order valence-electron chi connectivity index (χ1n) is 18.3. The predicted molar refractivity (Wildman–Crippen MR) is 203 cm³/mol. The summed E-state index contributed by atoms with van der Waals surface area (Å²) in [6, 6.07) is 3.20. The molecule has 320 valence electrons. The Hall–Kier alpha value is -6.03. The lowest BCUT2D eigenvalue weighted by molar-refractivity contribution is -0.170. The molecule has 3 amide bonds. The van der Waals surface area contributed by atoms with Crippen LogP contribution in [0.5, 0.6) is 0 Å². The van der Waals surface area contributed by atoms with Gasteiger partial charge in [0.1, 0.15) is 11.8 Å². The van der Waals surface area contributed by atoms with Crippen molar-refractivity contribution in [3.63, 3.8) is 0 Å². The van der Waals surface area contributed by atoms with Crippen LogP contribution >= 0.6 is 0 Å². The number of halogens is 3. The van der Waals surface area contributed by atoms with E-state index in [4.69, 9.17) is 24.5 Å². The monoisotopic (exact) mass is 834 g/mol. The molecule has 1 atom stereocenters. The number of hydrogen-bond donors (Lipinski definition) is 3. The topological polar surface area (TPSA) is 270 Å². The molecule has 23 heteroatoms. The average molecular weight is 835 g/mol. The zero-order chi connectivity index (χ0) is 43.4. The lowest BCUT2D eigenvalue weighted by Gasteiger charge is -2.24. The van der Waals surface area contributed by atoms with Gasteiger partial charge in [0.2, 0.25) is 11.9 Å². The number of carbonyl (C=O) groups is 5. The molecule has 0 saturated carbocycles. The fourth-order valence-electron chi connectivity index (χ4n) is 5.02. The first-order chi connectivity index (χ1) is 28.1. The van der Waals surface area contributed by atoms with Gasteiger partial charge < -0.3 is 24.3 Å². The maximum Gasteiger partial charge on any atom is 0.471 e. The highest BCUT2D eigenvalue weighted by Gasteiger charge is 2.43. The van der Waals surface area contributed by atoms with Crippen LogP contribution in [0.25, 0.3) is 21.6 Å². The summed E-state index contributed by atoms with van der Waals surface area (Å²) in [7, 11) is 1.11. The maximum atomic E-state index is 13.7. The molecule has 20 nitrogen and oxygen atoms in total. The summed E-state index contributed by atoms with van der Waals surface area (Å²) in [5, 5.41) is 8.23. The van der Waals surface area contributed by atoms with Gasteiger partial charge >= 0.3 is 18.1 Å². The Morgan fingerprint density at radius 1 is 0.949 bits per heavy atom. The number of rotatable bonds is 25. The van der Waals surface area contributed by atoms with Crippen molar-refractivity contribution in [3.8, 4) is 0 Å². The van der Waals surface area contributed by atoms with Gasteiger partial charge in [0.05, 0.1) is 58.6 Å². The number of aromatic amines is 1. The van der Waals surface area contributed by atoms with E-state index in [2.05, 4.69) is 40.6 Å². The van der Waals surface area contributed by atoms with E-state index in [9.17, 15) is 41.9 Å². The van der Waals surface area contributed by atoms with Crippen LogP contribution in [0.1, 0.15) is 62.0 Å². The number of esters is 1. The van der Waals surface area contributed by atoms with Gasteiger partial charge in [-0.3, -0.25) is 39.2 Å². The van der Waals surface area contributed by atoms with Gasteiger partial charge in [0.15, 0.2) is 11.2 Å². The quantitative estimate of drug-likeness (QED) is 0.0363. The highest BCUT2D eigenvalue weighted by Crippen LogP contribution is 2.26. The molecule has 3 N–H and O–H groups in total. The normalized spacial score (nSPS) is 11.8. The minimum absolute atomic E-state index is 0.0530. The number of fused-ring (bicyclic) bond motifs is 1. The molecule has 0 bridgehead atoms. The van der Waals surface area contributed by atoms with E-state index in [1.807, 2.05) is 0 Å². The van der Waals surface area contributed by atoms with Crippen LogP contribution in [0.4, 0.5) is 24.8 Å². The SMILES string of the molecule is COC(=O)[C@H](CCC(=O)CCCCOCCOCCOCCN=[N+]=[N-])NC(=O)c1ccc(N(Cc2cnc3nc(NC(=O)C(C)C)[nH]c(=O)c3n2)C(=O)C(F)(F)F)cc1. The Bertz CT molecular complexity index is 2010. The average Bonchev–Trinajstić information content (AvgIpc) is 3.20. The largest absolute Gasteiger partial charge is 0.471 e. The van der Waals surface area contributed by atoms with E-state index in [1.54, 1.807) is 13.8 Å². The lowest BCUT2D eigenvalue weighted by atomic mass is 10.0. The molecule has 3 aromatic rings. The highest BCUT2D eigenvalue weighted by atomic mass is 19.4. The number of nitrogens with zero attached hydrogens (tertiary/aromatic N) is 7. The fraction of sp³-hybridized carbons (Fsp3) is 0.528.